The normalized spacial score (nSPS) is 19.0. The molecule has 11 heteroatoms. The van der Waals surface area contributed by atoms with Crippen molar-refractivity contribution >= 4 is 29.6 Å². The quantitative estimate of drug-likeness (QED) is 0.111. The first kappa shape index (κ1) is 34.8. The summed E-state index contributed by atoms with van der Waals surface area (Å²) in [5.74, 6) is -1.79. The van der Waals surface area contributed by atoms with Gasteiger partial charge in [-0.3, -0.25) is 9.59 Å². The lowest BCUT2D eigenvalue weighted by Crippen LogP contribution is -2.38. The smallest absolute Gasteiger partial charge is 0.338 e. The minimum atomic E-state index is -1.04. The Kier molecular flexibility index (Phi) is 12.0. The summed E-state index contributed by atoms with van der Waals surface area (Å²) < 4.78 is 13.2. The van der Waals surface area contributed by atoms with Crippen molar-refractivity contribution < 1.29 is 39.2 Å². The highest BCUT2D eigenvalue weighted by Crippen LogP contribution is 2.43. The van der Waals surface area contributed by atoms with Crippen LogP contribution in [0.25, 0.3) is 11.1 Å². The van der Waals surface area contributed by atoms with Gasteiger partial charge in [0.1, 0.15) is 5.03 Å². The number of aliphatic carboxylic acids is 1. The van der Waals surface area contributed by atoms with E-state index >= 15 is 0 Å². The number of carboxylic acids is 2. The van der Waals surface area contributed by atoms with E-state index in [1.54, 1.807) is 12.3 Å². The number of hydrogen-bond donors (Lipinski definition) is 4. The molecule has 0 unspecified atom stereocenters. The Hall–Kier alpha value is -4.55. The number of aliphatic hydroxyl groups is 1. The first-order valence-electron chi connectivity index (χ1n) is 15.7. The number of nitrogens with one attached hydrogen (secondary N) is 1. The number of aromatic carboxylic acids is 1. The van der Waals surface area contributed by atoms with Crippen molar-refractivity contribution in [1.29, 1.82) is 0 Å². The monoisotopic (exact) mass is 670 g/mol. The topological polar surface area (TPSA) is 155 Å². The Bertz CT molecular complexity index is 1730. The lowest BCUT2D eigenvalue weighted by atomic mass is 9.91. The zero-order valence-corrected chi connectivity index (χ0v) is 27.3. The molecule has 48 heavy (non-hydrogen) atoms. The van der Waals surface area contributed by atoms with Crippen LogP contribution in [-0.2, 0) is 32.2 Å². The summed E-state index contributed by atoms with van der Waals surface area (Å²) in [6, 6.07) is 26.5. The first-order chi connectivity index (χ1) is 23.2. The number of ether oxygens (including phenoxy) is 2. The molecular formula is C37H38N2O8S. The summed E-state index contributed by atoms with van der Waals surface area (Å²) in [7, 11) is 0. The van der Waals surface area contributed by atoms with Crippen LogP contribution in [0.15, 0.2) is 96.2 Å². The van der Waals surface area contributed by atoms with Crippen LogP contribution < -0.4 is 5.32 Å². The molecule has 2 heterocycles. The van der Waals surface area contributed by atoms with Gasteiger partial charge in [0.25, 0.3) is 0 Å². The van der Waals surface area contributed by atoms with E-state index in [0.717, 1.165) is 33.4 Å². The second kappa shape index (κ2) is 16.5. The molecule has 5 rings (SSSR count). The minimum absolute atomic E-state index is 0.0429. The highest BCUT2D eigenvalue weighted by atomic mass is 32.2. The molecule has 0 bridgehead atoms. The number of pyridine rings is 1. The van der Waals surface area contributed by atoms with E-state index in [0.29, 0.717) is 23.7 Å². The maximum Gasteiger partial charge on any atom is 0.338 e. The molecule has 1 saturated heterocycles. The number of amides is 1. The van der Waals surface area contributed by atoms with Crippen molar-refractivity contribution in [3.8, 4) is 11.1 Å². The van der Waals surface area contributed by atoms with Crippen LogP contribution >= 0.6 is 11.8 Å². The molecule has 250 valence electrons. The third-order valence-electron chi connectivity index (χ3n) is 8.21. The zero-order chi connectivity index (χ0) is 34.0. The van der Waals surface area contributed by atoms with Crippen molar-refractivity contribution in [2.45, 2.75) is 62.9 Å². The maximum absolute atomic E-state index is 12.2. The summed E-state index contributed by atoms with van der Waals surface area (Å²) >= 11 is 1.34. The van der Waals surface area contributed by atoms with E-state index in [4.69, 9.17) is 14.6 Å². The molecule has 10 nitrogen and oxygen atoms in total. The summed E-state index contributed by atoms with van der Waals surface area (Å²) in [5, 5.41) is 31.3. The van der Waals surface area contributed by atoms with Gasteiger partial charge in [0.05, 0.1) is 24.4 Å². The van der Waals surface area contributed by atoms with Crippen LogP contribution in [0.4, 0.5) is 0 Å². The van der Waals surface area contributed by atoms with Gasteiger partial charge in [0.15, 0.2) is 6.29 Å². The van der Waals surface area contributed by atoms with Crippen LogP contribution in [0.3, 0.4) is 0 Å². The van der Waals surface area contributed by atoms with Crippen LogP contribution in [0, 0.1) is 5.92 Å². The summed E-state index contributed by atoms with van der Waals surface area (Å²) in [4.78, 5) is 39.0. The van der Waals surface area contributed by atoms with E-state index in [-0.39, 0.29) is 49.0 Å². The summed E-state index contributed by atoms with van der Waals surface area (Å²) in [6.07, 6.45) is 0.612. The second-order valence-corrected chi connectivity index (χ2v) is 12.7. The second-order valence-electron chi connectivity index (χ2n) is 11.6. The van der Waals surface area contributed by atoms with Crippen LogP contribution in [0.2, 0.25) is 0 Å². The van der Waals surface area contributed by atoms with Gasteiger partial charge in [-0.25, -0.2) is 9.78 Å². The number of thioether (sulfide) groups is 1. The van der Waals surface area contributed by atoms with Gasteiger partial charge in [-0.05, 0) is 58.5 Å². The number of benzene rings is 3. The number of rotatable bonds is 14. The van der Waals surface area contributed by atoms with Crippen molar-refractivity contribution in [2.24, 2.45) is 5.92 Å². The van der Waals surface area contributed by atoms with Crippen molar-refractivity contribution in [2.75, 3.05) is 5.75 Å². The van der Waals surface area contributed by atoms with E-state index < -0.39 is 18.2 Å². The van der Waals surface area contributed by atoms with E-state index in [1.807, 2.05) is 72.8 Å². The number of nitrogens with zero attached hydrogens (tertiary/aromatic N) is 1. The SMILES string of the molecule is C[C@H]1[C@@H](CSc2ncccc2C(=O)O)O[C@@H](c2cccc(-c3cccc(CNC(=O)CCCC(=O)O)c3)c2)O[C@H]1c1ccc(CO)cc1. The average Bonchev–Trinajstić information content (AvgIpc) is 3.10. The lowest BCUT2D eigenvalue weighted by molar-refractivity contribution is -0.268. The number of carbonyl (C=O) groups excluding carboxylic acids is 1. The Morgan fingerprint density at radius 2 is 1.60 bits per heavy atom. The van der Waals surface area contributed by atoms with E-state index in [1.165, 1.54) is 17.8 Å². The van der Waals surface area contributed by atoms with Gasteiger partial charge in [-0.15, -0.1) is 11.8 Å². The van der Waals surface area contributed by atoms with E-state index in [9.17, 15) is 24.6 Å². The molecule has 1 aliphatic heterocycles. The fourth-order valence-electron chi connectivity index (χ4n) is 5.55. The largest absolute Gasteiger partial charge is 0.481 e. The number of carbonyl (C=O) groups is 3. The maximum atomic E-state index is 12.2. The molecule has 1 amide bonds. The number of aliphatic hydroxyl groups excluding tert-OH is 1. The average molecular weight is 671 g/mol. The van der Waals surface area contributed by atoms with Crippen molar-refractivity contribution in [3.05, 3.63) is 119 Å². The molecular weight excluding hydrogens is 632 g/mol. The standard InChI is InChI=1S/C37H38N2O8S/c1-23-31(22-48-35-30(36(44)45)10-5-17-38-35)46-37(47-34(23)26-15-13-24(21-40)14-16-26)29-9-3-8-28(19-29)27-7-2-6-25(18-27)20-39-32(41)11-4-12-33(42)43/h2-3,5-10,13-19,23,31,34,37,40H,4,11-12,20-22H2,1H3,(H,39,41)(H,42,43)(H,44,45)/t23-,31+,34+,37+/m0/s1. The Balaban J connectivity index is 1.35. The van der Waals surface area contributed by atoms with E-state index in [2.05, 4.69) is 17.2 Å². The number of aromatic nitrogens is 1. The van der Waals surface area contributed by atoms with Crippen LogP contribution in [-0.4, -0.2) is 50.0 Å². The number of carboxylic acid groups (broad SMARTS) is 2. The molecule has 1 aromatic heterocycles. The molecule has 1 fully saturated rings. The van der Waals surface area contributed by atoms with Gasteiger partial charge in [-0.1, -0.05) is 67.6 Å². The predicted molar refractivity (Wildman–Crippen MR) is 180 cm³/mol. The first-order valence-corrected chi connectivity index (χ1v) is 16.7. The van der Waals surface area contributed by atoms with Crippen LogP contribution in [0.5, 0.6) is 0 Å². The molecule has 0 aliphatic carbocycles. The Morgan fingerprint density at radius 3 is 2.33 bits per heavy atom. The van der Waals surface area contributed by atoms with Gasteiger partial charge in [0, 0.05) is 42.8 Å². The third-order valence-corrected chi connectivity index (χ3v) is 9.31. The third kappa shape index (κ3) is 9.07. The van der Waals surface area contributed by atoms with Crippen LogP contribution in [0.1, 0.15) is 71.2 Å². The summed E-state index contributed by atoms with van der Waals surface area (Å²) in [6.45, 7) is 2.31. The van der Waals surface area contributed by atoms with Gasteiger partial charge in [-0.2, -0.15) is 0 Å². The lowest BCUT2D eigenvalue weighted by Gasteiger charge is -2.41. The Morgan fingerprint density at radius 1 is 0.854 bits per heavy atom. The Labute approximate surface area is 283 Å². The molecule has 0 spiro atoms. The predicted octanol–water partition coefficient (Wildman–Crippen LogP) is 6.39. The van der Waals surface area contributed by atoms with Gasteiger partial charge in [0.2, 0.25) is 5.91 Å². The molecule has 0 saturated carbocycles. The molecule has 1 aliphatic rings. The van der Waals surface area contributed by atoms with Crippen molar-refractivity contribution in [1.82, 2.24) is 10.3 Å². The number of hydrogen-bond acceptors (Lipinski definition) is 8. The minimum Gasteiger partial charge on any atom is -0.481 e. The molecule has 3 aromatic carbocycles. The highest BCUT2D eigenvalue weighted by Gasteiger charge is 2.38. The molecule has 4 aromatic rings. The molecule has 0 radical (unpaired) electrons. The molecule has 4 atom stereocenters. The fraction of sp³-hybridized carbons (Fsp3) is 0.297. The molecule has 4 N–H and O–H groups in total. The zero-order valence-electron chi connectivity index (χ0n) is 26.5. The van der Waals surface area contributed by atoms with Gasteiger partial charge >= 0.3 is 11.9 Å². The highest BCUT2D eigenvalue weighted by molar-refractivity contribution is 7.99. The van der Waals surface area contributed by atoms with Gasteiger partial charge < -0.3 is 30.1 Å². The van der Waals surface area contributed by atoms with Crippen molar-refractivity contribution in [3.63, 3.8) is 0 Å². The summed E-state index contributed by atoms with van der Waals surface area (Å²) in [5.41, 5.74) is 5.48. The fourth-order valence-corrected chi connectivity index (χ4v) is 6.70.